The van der Waals surface area contributed by atoms with Crippen LogP contribution in [0.25, 0.3) is 0 Å². The molecule has 7 heteroatoms. The highest BCUT2D eigenvalue weighted by Gasteiger charge is 2.59. The van der Waals surface area contributed by atoms with Gasteiger partial charge in [-0.05, 0) is 31.0 Å². The molecule has 1 unspecified atom stereocenters. The number of rotatable bonds is 7. The molecule has 0 aliphatic heterocycles. The summed E-state index contributed by atoms with van der Waals surface area (Å²) in [4.78, 5) is 0. The molecule has 126 valence electrons. The van der Waals surface area contributed by atoms with Gasteiger partial charge in [0.05, 0.1) is 18.6 Å². The first-order valence-corrected chi connectivity index (χ1v) is 6.90. The standard InChI is InChI=1S/C15H19F5O2/c1-3-4-9-22-12-7-5-11(6-8-12)13(2,21)10-14(16,17)15(18,19)20/h5-8,21H,3-4,9-10H2,1-2H3. The molecular weight excluding hydrogens is 307 g/mol. The summed E-state index contributed by atoms with van der Waals surface area (Å²) in [5.74, 6) is -4.50. The van der Waals surface area contributed by atoms with Crippen molar-refractivity contribution in [3.05, 3.63) is 29.8 Å². The number of hydrogen-bond donors (Lipinski definition) is 1. The molecule has 0 amide bonds. The zero-order valence-electron chi connectivity index (χ0n) is 12.4. The number of benzene rings is 1. The Balaban J connectivity index is 2.81. The fourth-order valence-electron chi connectivity index (χ4n) is 1.88. The average molecular weight is 326 g/mol. The van der Waals surface area contributed by atoms with Crippen molar-refractivity contribution in [3.8, 4) is 5.75 Å². The molecule has 2 nitrogen and oxygen atoms in total. The molecule has 0 saturated carbocycles. The van der Waals surface area contributed by atoms with Crippen LogP contribution in [-0.2, 0) is 5.60 Å². The molecule has 1 N–H and O–H groups in total. The zero-order chi connectivity index (χ0) is 17.0. The van der Waals surface area contributed by atoms with E-state index in [1.807, 2.05) is 6.92 Å². The summed E-state index contributed by atoms with van der Waals surface area (Å²) in [6.45, 7) is 3.41. The van der Waals surface area contributed by atoms with Gasteiger partial charge in [0.25, 0.3) is 0 Å². The molecule has 22 heavy (non-hydrogen) atoms. The van der Waals surface area contributed by atoms with E-state index in [0.29, 0.717) is 12.4 Å². The summed E-state index contributed by atoms with van der Waals surface area (Å²) in [6.07, 6.45) is -5.64. The Morgan fingerprint density at radius 3 is 2.05 bits per heavy atom. The quantitative estimate of drug-likeness (QED) is 0.583. The van der Waals surface area contributed by atoms with E-state index < -0.39 is 24.1 Å². The number of aliphatic hydroxyl groups is 1. The molecule has 0 bridgehead atoms. The van der Waals surface area contributed by atoms with Crippen LogP contribution in [0.1, 0.15) is 38.7 Å². The fraction of sp³-hybridized carbons (Fsp3) is 0.600. The Bertz CT molecular complexity index is 466. The van der Waals surface area contributed by atoms with Gasteiger partial charge >= 0.3 is 12.1 Å². The van der Waals surface area contributed by atoms with Gasteiger partial charge < -0.3 is 9.84 Å². The first kappa shape index (κ1) is 18.7. The molecule has 1 rings (SSSR count). The number of halogens is 5. The lowest BCUT2D eigenvalue weighted by Crippen LogP contribution is -2.42. The molecule has 0 aromatic heterocycles. The predicted molar refractivity (Wildman–Crippen MR) is 72.0 cm³/mol. The molecule has 1 aromatic rings. The van der Waals surface area contributed by atoms with E-state index in [4.69, 9.17) is 4.74 Å². The highest BCUT2D eigenvalue weighted by molar-refractivity contribution is 5.30. The SMILES string of the molecule is CCCCOc1ccc(C(C)(O)CC(F)(F)C(F)(F)F)cc1. The average Bonchev–Trinajstić information content (AvgIpc) is 2.37. The molecule has 0 saturated heterocycles. The molecule has 0 radical (unpaired) electrons. The minimum Gasteiger partial charge on any atom is -0.494 e. The summed E-state index contributed by atoms with van der Waals surface area (Å²) in [7, 11) is 0. The summed E-state index contributed by atoms with van der Waals surface area (Å²) in [6, 6.07) is 5.44. The zero-order valence-corrected chi connectivity index (χ0v) is 12.4. The first-order valence-electron chi connectivity index (χ1n) is 6.90. The molecule has 0 aliphatic rings. The van der Waals surface area contributed by atoms with Gasteiger partial charge in [-0.3, -0.25) is 0 Å². The van der Waals surface area contributed by atoms with Crippen LogP contribution in [0.15, 0.2) is 24.3 Å². The number of alkyl halides is 5. The van der Waals surface area contributed by atoms with Gasteiger partial charge in [0.1, 0.15) is 5.75 Å². The second-order valence-electron chi connectivity index (χ2n) is 5.38. The summed E-state index contributed by atoms with van der Waals surface area (Å²) >= 11 is 0. The van der Waals surface area contributed by atoms with Crippen LogP contribution in [0.2, 0.25) is 0 Å². The van der Waals surface area contributed by atoms with Gasteiger partial charge in [0, 0.05) is 0 Å². The normalized spacial score (nSPS) is 15.5. The molecular formula is C15H19F5O2. The van der Waals surface area contributed by atoms with Gasteiger partial charge in [0.15, 0.2) is 0 Å². The van der Waals surface area contributed by atoms with Crippen molar-refractivity contribution in [1.29, 1.82) is 0 Å². The van der Waals surface area contributed by atoms with Crippen LogP contribution in [-0.4, -0.2) is 23.8 Å². The van der Waals surface area contributed by atoms with E-state index in [9.17, 15) is 27.1 Å². The maximum Gasteiger partial charge on any atom is 0.453 e. The van der Waals surface area contributed by atoms with Crippen LogP contribution in [0, 0.1) is 0 Å². The van der Waals surface area contributed by atoms with E-state index >= 15 is 0 Å². The third kappa shape index (κ3) is 4.83. The van der Waals surface area contributed by atoms with Crippen molar-refractivity contribution in [1.82, 2.24) is 0 Å². The van der Waals surface area contributed by atoms with Crippen LogP contribution < -0.4 is 4.74 Å². The molecule has 0 aliphatic carbocycles. The molecule has 0 fully saturated rings. The van der Waals surface area contributed by atoms with E-state index in [2.05, 4.69) is 0 Å². The van der Waals surface area contributed by atoms with Crippen molar-refractivity contribution >= 4 is 0 Å². The second kappa shape index (κ2) is 6.81. The lowest BCUT2D eigenvalue weighted by molar-refractivity contribution is -0.296. The maximum absolute atomic E-state index is 13.1. The molecule has 0 heterocycles. The topological polar surface area (TPSA) is 29.5 Å². The smallest absolute Gasteiger partial charge is 0.453 e. The lowest BCUT2D eigenvalue weighted by atomic mass is 9.89. The molecule has 1 atom stereocenters. The van der Waals surface area contributed by atoms with Crippen molar-refractivity contribution in [2.24, 2.45) is 0 Å². The highest BCUT2D eigenvalue weighted by Crippen LogP contribution is 2.43. The van der Waals surface area contributed by atoms with Gasteiger partial charge in [-0.15, -0.1) is 0 Å². The summed E-state index contributed by atoms with van der Waals surface area (Å²) < 4.78 is 68.2. The predicted octanol–water partition coefficient (Wildman–Crippen LogP) is 4.66. The van der Waals surface area contributed by atoms with E-state index in [0.717, 1.165) is 19.8 Å². The van der Waals surface area contributed by atoms with Crippen molar-refractivity contribution in [3.63, 3.8) is 0 Å². The van der Waals surface area contributed by atoms with Crippen LogP contribution in [0.4, 0.5) is 22.0 Å². The van der Waals surface area contributed by atoms with Gasteiger partial charge in [-0.1, -0.05) is 25.5 Å². The third-order valence-electron chi connectivity index (χ3n) is 3.22. The third-order valence-corrected chi connectivity index (χ3v) is 3.22. The van der Waals surface area contributed by atoms with E-state index in [1.54, 1.807) is 0 Å². The molecule has 0 spiro atoms. The summed E-state index contributed by atoms with van der Waals surface area (Å²) in [5, 5.41) is 9.97. The minimum atomic E-state index is -5.69. The van der Waals surface area contributed by atoms with Crippen molar-refractivity contribution in [2.75, 3.05) is 6.61 Å². The van der Waals surface area contributed by atoms with Crippen molar-refractivity contribution in [2.45, 2.75) is 50.8 Å². The molecule has 1 aromatic carbocycles. The fourth-order valence-corrected chi connectivity index (χ4v) is 1.88. The van der Waals surface area contributed by atoms with Gasteiger partial charge in [-0.25, -0.2) is 0 Å². The van der Waals surface area contributed by atoms with E-state index in [1.165, 1.54) is 24.3 Å². The second-order valence-corrected chi connectivity index (χ2v) is 5.38. The van der Waals surface area contributed by atoms with E-state index in [-0.39, 0.29) is 5.56 Å². The van der Waals surface area contributed by atoms with Gasteiger partial charge in [0.2, 0.25) is 0 Å². The Morgan fingerprint density at radius 1 is 1.05 bits per heavy atom. The largest absolute Gasteiger partial charge is 0.494 e. The van der Waals surface area contributed by atoms with Crippen LogP contribution >= 0.6 is 0 Å². The summed E-state index contributed by atoms with van der Waals surface area (Å²) in [5.41, 5.74) is -2.33. The number of ether oxygens (including phenoxy) is 1. The Labute approximate surface area is 125 Å². The van der Waals surface area contributed by atoms with Crippen LogP contribution in [0.5, 0.6) is 5.75 Å². The Morgan fingerprint density at radius 2 is 1.59 bits per heavy atom. The number of hydrogen-bond acceptors (Lipinski definition) is 2. The number of unbranched alkanes of at least 4 members (excludes halogenated alkanes) is 1. The maximum atomic E-state index is 13.1. The lowest BCUT2D eigenvalue weighted by Gasteiger charge is -2.30. The first-order chi connectivity index (χ1) is 9.99. The monoisotopic (exact) mass is 326 g/mol. The van der Waals surface area contributed by atoms with Crippen molar-refractivity contribution < 1.29 is 31.8 Å². The highest BCUT2D eigenvalue weighted by atomic mass is 19.4. The Hall–Kier alpha value is -1.37. The van der Waals surface area contributed by atoms with Gasteiger partial charge in [-0.2, -0.15) is 22.0 Å². The Kier molecular flexibility index (Phi) is 5.78. The van der Waals surface area contributed by atoms with Crippen LogP contribution in [0.3, 0.4) is 0 Å². The minimum absolute atomic E-state index is 0.0285.